The van der Waals surface area contributed by atoms with Gasteiger partial charge in [-0.2, -0.15) is 4.31 Å². The molecule has 0 bridgehead atoms. The van der Waals surface area contributed by atoms with Crippen LogP contribution in [0.4, 0.5) is 13.2 Å². The van der Waals surface area contributed by atoms with Crippen molar-refractivity contribution in [2.45, 2.75) is 29.5 Å². The summed E-state index contributed by atoms with van der Waals surface area (Å²) in [6.07, 6.45) is -0.158. The van der Waals surface area contributed by atoms with E-state index in [4.69, 9.17) is 10.5 Å². The molecule has 10 heteroatoms. The Morgan fingerprint density at radius 3 is 2.18 bits per heavy atom. The van der Waals surface area contributed by atoms with Crippen molar-refractivity contribution < 1.29 is 26.3 Å². The first-order valence-electron chi connectivity index (χ1n) is 10.7. The molecule has 0 unspecified atom stereocenters. The summed E-state index contributed by atoms with van der Waals surface area (Å²) in [6.45, 7) is 2.12. The number of ether oxygens (including phenoxy) is 1. The average molecular weight is 480 g/mol. The van der Waals surface area contributed by atoms with Crippen molar-refractivity contribution in [1.82, 2.24) is 9.21 Å². The standard InChI is InChI=1S/C23H24F3N3O3S/c24-16-1-4-19(5-2-16)33(30,31)29-11-14-9-28(10-15(14)12-29)18-8-22(27)23(32-13-18)20-7-17(25)3-6-21(20)26/h1-7,18,22-23H,8-13,27H2/t18-,22+,23-/m1/s1. The van der Waals surface area contributed by atoms with E-state index in [1.54, 1.807) is 0 Å². The maximum Gasteiger partial charge on any atom is 0.243 e. The van der Waals surface area contributed by atoms with Crippen molar-refractivity contribution in [3.63, 3.8) is 0 Å². The van der Waals surface area contributed by atoms with E-state index in [0.29, 0.717) is 39.2 Å². The molecule has 3 aliphatic heterocycles. The van der Waals surface area contributed by atoms with Crippen LogP contribution in [0.15, 0.2) is 58.5 Å². The van der Waals surface area contributed by atoms with Gasteiger partial charge in [0.15, 0.2) is 0 Å². The molecule has 0 saturated carbocycles. The van der Waals surface area contributed by atoms with Crippen molar-refractivity contribution in [2.75, 3.05) is 32.8 Å². The minimum atomic E-state index is -3.70. The van der Waals surface area contributed by atoms with Crippen LogP contribution >= 0.6 is 0 Å². The molecule has 5 rings (SSSR count). The highest BCUT2D eigenvalue weighted by atomic mass is 32.2. The molecule has 0 radical (unpaired) electrons. The molecule has 6 nitrogen and oxygen atoms in total. The number of benzene rings is 2. The predicted octanol–water partition coefficient (Wildman–Crippen LogP) is 2.58. The fraction of sp³-hybridized carbons (Fsp3) is 0.391. The second-order valence-corrected chi connectivity index (χ2v) is 10.8. The molecule has 0 aliphatic carbocycles. The molecular formula is C23H24F3N3O3S. The topological polar surface area (TPSA) is 75.9 Å². The number of nitrogens with two attached hydrogens (primary N) is 1. The summed E-state index contributed by atoms with van der Waals surface area (Å²) in [4.78, 5) is 2.27. The third kappa shape index (κ3) is 4.22. The molecule has 2 aromatic carbocycles. The van der Waals surface area contributed by atoms with E-state index in [9.17, 15) is 21.6 Å². The van der Waals surface area contributed by atoms with E-state index < -0.39 is 39.6 Å². The molecule has 3 heterocycles. The number of halogens is 3. The highest BCUT2D eigenvalue weighted by Crippen LogP contribution is 2.35. The third-order valence-corrected chi connectivity index (χ3v) is 8.46. The average Bonchev–Trinajstić information content (AvgIpc) is 3.36. The Balaban J connectivity index is 1.21. The minimum absolute atomic E-state index is 0.000580. The molecule has 0 amide bonds. The normalized spacial score (nSPS) is 26.7. The summed E-state index contributed by atoms with van der Waals surface area (Å²) in [5, 5.41) is 0. The van der Waals surface area contributed by atoms with Crippen molar-refractivity contribution in [3.05, 3.63) is 76.6 Å². The lowest BCUT2D eigenvalue weighted by molar-refractivity contribution is -0.0467. The Morgan fingerprint density at radius 1 is 0.909 bits per heavy atom. The second kappa shape index (κ2) is 8.52. The van der Waals surface area contributed by atoms with Gasteiger partial charge < -0.3 is 10.5 Å². The van der Waals surface area contributed by atoms with Crippen molar-refractivity contribution >= 4 is 10.0 Å². The summed E-state index contributed by atoms with van der Waals surface area (Å²) in [6, 6.07) is 7.61. The fourth-order valence-electron chi connectivity index (χ4n) is 4.91. The van der Waals surface area contributed by atoms with Gasteiger partial charge >= 0.3 is 0 Å². The zero-order valence-electron chi connectivity index (χ0n) is 17.8. The predicted molar refractivity (Wildman–Crippen MR) is 115 cm³/mol. The van der Waals surface area contributed by atoms with Crippen LogP contribution < -0.4 is 5.73 Å². The van der Waals surface area contributed by atoms with Gasteiger partial charge in [-0.25, -0.2) is 21.6 Å². The molecule has 1 fully saturated rings. The smallest absolute Gasteiger partial charge is 0.243 e. The Hall–Kier alpha value is -2.24. The van der Waals surface area contributed by atoms with Crippen molar-refractivity contribution in [3.8, 4) is 0 Å². The monoisotopic (exact) mass is 479 g/mol. The summed E-state index contributed by atoms with van der Waals surface area (Å²) >= 11 is 0. The lowest BCUT2D eigenvalue weighted by Gasteiger charge is -2.39. The Kier molecular flexibility index (Phi) is 5.82. The van der Waals surface area contributed by atoms with Crippen molar-refractivity contribution in [2.24, 2.45) is 5.73 Å². The zero-order valence-corrected chi connectivity index (χ0v) is 18.6. The fourth-order valence-corrected chi connectivity index (χ4v) is 6.34. The van der Waals surface area contributed by atoms with Gasteiger partial charge in [-0.3, -0.25) is 4.90 Å². The Morgan fingerprint density at radius 2 is 1.55 bits per heavy atom. The van der Waals surface area contributed by atoms with E-state index >= 15 is 0 Å². The van der Waals surface area contributed by atoms with Gasteiger partial charge in [0.1, 0.15) is 23.6 Å². The largest absolute Gasteiger partial charge is 0.370 e. The molecule has 2 aromatic rings. The molecule has 1 saturated heterocycles. The molecule has 176 valence electrons. The zero-order chi connectivity index (χ0) is 23.3. The lowest BCUT2D eigenvalue weighted by atomic mass is 9.93. The van der Waals surface area contributed by atoms with Gasteiger partial charge in [0, 0.05) is 43.8 Å². The van der Waals surface area contributed by atoms with E-state index in [0.717, 1.165) is 41.5 Å². The summed E-state index contributed by atoms with van der Waals surface area (Å²) in [5.74, 6) is -1.56. The number of nitrogens with zero attached hydrogens (tertiary/aromatic N) is 2. The molecule has 2 N–H and O–H groups in total. The van der Waals surface area contributed by atoms with Gasteiger partial charge in [0.25, 0.3) is 0 Å². The molecule has 3 atom stereocenters. The summed E-state index contributed by atoms with van der Waals surface area (Å²) < 4.78 is 74.0. The maximum absolute atomic E-state index is 14.2. The summed E-state index contributed by atoms with van der Waals surface area (Å²) in [7, 11) is -3.70. The Bertz CT molecular complexity index is 1190. The lowest BCUT2D eigenvalue weighted by Crippen LogP contribution is -2.49. The first kappa shape index (κ1) is 22.5. The van der Waals surface area contributed by atoms with E-state index in [1.165, 1.54) is 16.4 Å². The molecule has 0 spiro atoms. The SMILES string of the molecule is N[C@H]1C[C@@H](N2CC3=C(C2)CN(S(=O)(=O)c2ccc(F)cc2)C3)CO[C@@H]1c1cc(F)ccc1F. The van der Waals surface area contributed by atoms with E-state index in [2.05, 4.69) is 4.90 Å². The third-order valence-electron chi connectivity index (χ3n) is 6.66. The van der Waals surface area contributed by atoms with Gasteiger partial charge in [0.2, 0.25) is 10.0 Å². The summed E-state index contributed by atoms with van der Waals surface area (Å²) in [5.41, 5.74) is 8.52. The number of rotatable bonds is 4. The molecule has 33 heavy (non-hydrogen) atoms. The highest BCUT2D eigenvalue weighted by Gasteiger charge is 2.41. The Labute approximate surface area is 190 Å². The number of hydrogen-bond acceptors (Lipinski definition) is 5. The first-order valence-corrected chi connectivity index (χ1v) is 12.2. The van der Waals surface area contributed by atoms with Gasteiger partial charge in [-0.05, 0) is 60.0 Å². The molecular weight excluding hydrogens is 455 g/mol. The quantitative estimate of drug-likeness (QED) is 0.683. The van der Waals surface area contributed by atoms with Crippen LogP contribution in [0.2, 0.25) is 0 Å². The van der Waals surface area contributed by atoms with Crippen LogP contribution in [-0.2, 0) is 14.8 Å². The van der Waals surface area contributed by atoms with E-state index in [-0.39, 0.29) is 16.5 Å². The van der Waals surface area contributed by atoms with Crippen LogP contribution in [0.3, 0.4) is 0 Å². The van der Waals surface area contributed by atoms with Gasteiger partial charge in [0.05, 0.1) is 11.5 Å². The van der Waals surface area contributed by atoms with Gasteiger partial charge in [-0.1, -0.05) is 0 Å². The van der Waals surface area contributed by atoms with E-state index in [1.807, 2.05) is 0 Å². The van der Waals surface area contributed by atoms with Crippen LogP contribution in [0, 0.1) is 17.5 Å². The van der Waals surface area contributed by atoms with Crippen LogP contribution in [0.5, 0.6) is 0 Å². The highest BCUT2D eigenvalue weighted by molar-refractivity contribution is 7.89. The van der Waals surface area contributed by atoms with Crippen LogP contribution in [0.25, 0.3) is 0 Å². The first-order chi connectivity index (χ1) is 15.7. The van der Waals surface area contributed by atoms with Crippen LogP contribution in [-0.4, -0.2) is 62.5 Å². The van der Waals surface area contributed by atoms with Crippen molar-refractivity contribution in [1.29, 1.82) is 0 Å². The molecule has 0 aromatic heterocycles. The number of sulfonamides is 1. The second-order valence-electron chi connectivity index (χ2n) is 8.81. The maximum atomic E-state index is 14.2. The van der Waals surface area contributed by atoms with Gasteiger partial charge in [-0.15, -0.1) is 0 Å². The number of hydrogen-bond donors (Lipinski definition) is 1. The minimum Gasteiger partial charge on any atom is -0.370 e. The van der Waals surface area contributed by atoms with Crippen LogP contribution in [0.1, 0.15) is 18.1 Å². The molecule has 3 aliphatic rings.